The lowest BCUT2D eigenvalue weighted by Gasteiger charge is -2.07. The Labute approximate surface area is 133 Å². The minimum atomic E-state index is -0.545. The third-order valence-corrected chi connectivity index (χ3v) is 4.13. The first-order chi connectivity index (χ1) is 10.1. The highest BCUT2D eigenvalue weighted by molar-refractivity contribution is 9.11. The highest BCUT2D eigenvalue weighted by Crippen LogP contribution is 2.25. The fourth-order valence-corrected chi connectivity index (χ4v) is 2.98. The summed E-state index contributed by atoms with van der Waals surface area (Å²) in [5.41, 5.74) is -0.160. The molecule has 0 saturated heterocycles. The van der Waals surface area contributed by atoms with E-state index in [-0.39, 0.29) is 24.0 Å². The second-order valence-electron chi connectivity index (χ2n) is 4.00. The molecule has 0 radical (unpaired) electrons. The number of benzene rings is 1. The molecule has 1 amide bonds. The van der Waals surface area contributed by atoms with E-state index in [1.54, 1.807) is 12.1 Å². The molecular weight excluding hydrogens is 360 g/mol. The van der Waals surface area contributed by atoms with Crippen LogP contribution in [-0.4, -0.2) is 17.4 Å². The first-order valence-electron chi connectivity index (χ1n) is 5.93. The number of hydrogen-bond acceptors (Lipinski definition) is 5. The highest BCUT2D eigenvalue weighted by atomic mass is 79.9. The average Bonchev–Trinajstić information content (AvgIpc) is 2.88. The highest BCUT2D eigenvalue weighted by Gasteiger charge is 2.14. The summed E-state index contributed by atoms with van der Waals surface area (Å²) in [4.78, 5) is 22.9. The first kappa shape index (κ1) is 15.5. The molecule has 0 atom stereocenters. The lowest BCUT2D eigenvalue weighted by molar-refractivity contribution is -0.385. The number of carbonyl (C=O) groups excluding carboxylic acids is 1. The topological polar surface area (TPSA) is 81.5 Å². The molecule has 2 rings (SSSR count). The van der Waals surface area contributed by atoms with Gasteiger partial charge in [-0.15, -0.1) is 11.3 Å². The van der Waals surface area contributed by atoms with E-state index in [0.29, 0.717) is 6.54 Å². The van der Waals surface area contributed by atoms with E-state index < -0.39 is 4.92 Å². The Hall–Kier alpha value is -1.93. The Balaban J connectivity index is 1.85. The van der Waals surface area contributed by atoms with Crippen molar-refractivity contribution < 1.29 is 14.5 Å². The number of nitrogens with zero attached hydrogens (tertiary/aromatic N) is 1. The van der Waals surface area contributed by atoms with Crippen molar-refractivity contribution in [1.82, 2.24) is 5.32 Å². The first-order valence-corrected chi connectivity index (χ1v) is 7.54. The van der Waals surface area contributed by atoms with Gasteiger partial charge >= 0.3 is 5.69 Å². The maximum absolute atomic E-state index is 11.7. The Kier molecular flexibility index (Phi) is 5.29. The summed E-state index contributed by atoms with van der Waals surface area (Å²) in [6.07, 6.45) is 0. The van der Waals surface area contributed by atoms with Gasteiger partial charge in [-0.25, -0.2) is 0 Å². The lowest BCUT2D eigenvalue weighted by atomic mass is 10.3. The van der Waals surface area contributed by atoms with Crippen molar-refractivity contribution in [3.05, 3.63) is 55.2 Å². The minimum absolute atomic E-state index is 0.0801. The molecule has 1 aromatic heterocycles. The Morgan fingerprint density at radius 1 is 1.33 bits per heavy atom. The molecule has 0 fully saturated rings. The molecule has 0 spiro atoms. The molecule has 0 aliphatic rings. The quantitative estimate of drug-likeness (QED) is 0.625. The zero-order chi connectivity index (χ0) is 15.2. The molecule has 1 aromatic carbocycles. The predicted molar refractivity (Wildman–Crippen MR) is 82.5 cm³/mol. The molecule has 0 aliphatic carbocycles. The Morgan fingerprint density at radius 3 is 2.76 bits per heavy atom. The molecule has 21 heavy (non-hydrogen) atoms. The van der Waals surface area contributed by atoms with Gasteiger partial charge in [0.25, 0.3) is 5.91 Å². The van der Waals surface area contributed by atoms with Crippen molar-refractivity contribution in [2.24, 2.45) is 0 Å². The van der Waals surface area contributed by atoms with Crippen LogP contribution in [0.1, 0.15) is 4.88 Å². The number of ether oxygens (including phenoxy) is 1. The lowest BCUT2D eigenvalue weighted by Crippen LogP contribution is -2.28. The number of nitro benzene ring substituents is 1. The predicted octanol–water partition coefficient (Wildman–Crippen LogP) is 3.11. The van der Waals surface area contributed by atoms with E-state index in [9.17, 15) is 14.9 Å². The maximum Gasteiger partial charge on any atom is 0.310 e. The van der Waals surface area contributed by atoms with Crippen LogP contribution in [0.4, 0.5) is 5.69 Å². The summed E-state index contributed by atoms with van der Waals surface area (Å²) < 4.78 is 6.18. The third kappa shape index (κ3) is 4.54. The SMILES string of the molecule is O=C(COc1ccccc1[N+](=O)[O-])NCc1ccc(Br)s1. The van der Waals surface area contributed by atoms with E-state index >= 15 is 0 Å². The summed E-state index contributed by atoms with van der Waals surface area (Å²) in [7, 11) is 0. The summed E-state index contributed by atoms with van der Waals surface area (Å²) >= 11 is 4.86. The zero-order valence-electron chi connectivity index (χ0n) is 10.7. The number of nitro groups is 1. The second kappa shape index (κ2) is 7.19. The van der Waals surface area contributed by atoms with Gasteiger partial charge in [0.05, 0.1) is 15.3 Å². The van der Waals surface area contributed by atoms with Gasteiger partial charge in [0.1, 0.15) is 0 Å². The zero-order valence-corrected chi connectivity index (χ0v) is 13.1. The second-order valence-corrected chi connectivity index (χ2v) is 6.54. The number of carbonyl (C=O) groups is 1. The fraction of sp³-hybridized carbons (Fsp3) is 0.154. The van der Waals surface area contributed by atoms with Gasteiger partial charge in [0.15, 0.2) is 12.4 Å². The molecule has 8 heteroatoms. The van der Waals surface area contributed by atoms with Crippen molar-refractivity contribution in [1.29, 1.82) is 0 Å². The van der Waals surface area contributed by atoms with Crippen LogP contribution in [0.25, 0.3) is 0 Å². The monoisotopic (exact) mass is 370 g/mol. The van der Waals surface area contributed by atoms with E-state index in [2.05, 4.69) is 21.2 Å². The molecule has 6 nitrogen and oxygen atoms in total. The molecule has 0 saturated carbocycles. The normalized spacial score (nSPS) is 10.1. The maximum atomic E-state index is 11.7. The van der Waals surface area contributed by atoms with E-state index in [0.717, 1.165) is 8.66 Å². The van der Waals surface area contributed by atoms with Crippen LogP contribution in [0.5, 0.6) is 5.75 Å². The van der Waals surface area contributed by atoms with Crippen LogP contribution >= 0.6 is 27.3 Å². The largest absolute Gasteiger partial charge is 0.477 e. The number of nitrogens with one attached hydrogen (secondary N) is 1. The Bertz CT molecular complexity index is 659. The molecule has 0 bridgehead atoms. The summed E-state index contributed by atoms with van der Waals surface area (Å²) in [5.74, 6) is -0.255. The van der Waals surface area contributed by atoms with Gasteiger partial charge in [-0.1, -0.05) is 12.1 Å². The van der Waals surface area contributed by atoms with Crippen LogP contribution < -0.4 is 10.1 Å². The van der Waals surface area contributed by atoms with Gasteiger partial charge in [-0.3, -0.25) is 14.9 Å². The number of para-hydroxylation sites is 2. The standard InChI is InChI=1S/C13H11BrN2O4S/c14-12-6-5-9(21-12)7-15-13(17)8-20-11-4-2-1-3-10(11)16(18)19/h1-6H,7-8H2,(H,15,17). The minimum Gasteiger partial charge on any atom is -0.477 e. The summed E-state index contributed by atoms with van der Waals surface area (Å²) in [5, 5.41) is 13.5. The van der Waals surface area contributed by atoms with Gasteiger partial charge in [-0.2, -0.15) is 0 Å². The Morgan fingerprint density at radius 2 is 2.10 bits per heavy atom. The van der Waals surface area contributed by atoms with E-state index in [1.807, 2.05) is 12.1 Å². The number of hydrogen-bond donors (Lipinski definition) is 1. The molecule has 1 N–H and O–H groups in total. The number of thiophene rings is 1. The van der Waals surface area contributed by atoms with Crippen molar-refractivity contribution in [3.63, 3.8) is 0 Å². The third-order valence-electron chi connectivity index (χ3n) is 2.51. The fourth-order valence-electron chi connectivity index (χ4n) is 1.56. The van der Waals surface area contributed by atoms with Gasteiger partial charge in [0, 0.05) is 10.9 Å². The molecule has 0 aliphatic heterocycles. The van der Waals surface area contributed by atoms with Crippen LogP contribution in [-0.2, 0) is 11.3 Å². The average molecular weight is 371 g/mol. The smallest absolute Gasteiger partial charge is 0.310 e. The molecular formula is C13H11BrN2O4S. The van der Waals surface area contributed by atoms with Crippen LogP contribution in [0.3, 0.4) is 0 Å². The van der Waals surface area contributed by atoms with Crippen molar-refractivity contribution in [2.75, 3.05) is 6.61 Å². The summed E-state index contributed by atoms with van der Waals surface area (Å²) in [6, 6.07) is 9.75. The molecule has 110 valence electrons. The van der Waals surface area contributed by atoms with Crippen molar-refractivity contribution in [3.8, 4) is 5.75 Å². The number of rotatable bonds is 6. The molecule has 1 heterocycles. The van der Waals surface area contributed by atoms with Gasteiger partial charge < -0.3 is 10.1 Å². The number of halogens is 1. The van der Waals surface area contributed by atoms with Crippen molar-refractivity contribution in [2.45, 2.75) is 6.54 Å². The van der Waals surface area contributed by atoms with Crippen LogP contribution in [0, 0.1) is 10.1 Å². The summed E-state index contributed by atoms with van der Waals surface area (Å²) in [6.45, 7) is 0.132. The van der Waals surface area contributed by atoms with Crippen LogP contribution in [0.15, 0.2) is 40.2 Å². The van der Waals surface area contributed by atoms with E-state index in [1.165, 1.54) is 23.5 Å². The molecule has 0 unspecified atom stereocenters. The molecule has 2 aromatic rings. The number of amides is 1. The van der Waals surface area contributed by atoms with Gasteiger partial charge in [-0.05, 0) is 34.1 Å². The van der Waals surface area contributed by atoms with Crippen LogP contribution in [0.2, 0.25) is 0 Å². The van der Waals surface area contributed by atoms with E-state index in [4.69, 9.17) is 4.74 Å². The van der Waals surface area contributed by atoms with Crippen molar-refractivity contribution >= 4 is 38.9 Å². The van der Waals surface area contributed by atoms with Gasteiger partial charge in [0.2, 0.25) is 0 Å².